The predicted molar refractivity (Wildman–Crippen MR) is 111 cm³/mol. The molecule has 29 heavy (non-hydrogen) atoms. The van der Waals surface area contributed by atoms with Crippen LogP contribution in [0.25, 0.3) is 0 Å². The molecule has 0 aromatic heterocycles. The Morgan fingerprint density at radius 1 is 0.862 bits per heavy atom. The standard InChI is InChI=1S/C23H27NO5/c1-14(2)10-16-6-8-17(9-7-16)15(3)21(25)24-20-12-18(22(26)28-4)11-19(13-20)23(27)29-5/h6-9,11-15H,10H2,1-5H3,(H,24,25)/t15-/m0/s1. The van der Waals surface area contributed by atoms with Crippen LogP contribution in [0.4, 0.5) is 5.69 Å². The van der Waals surface area contributed by atoms with Crippen LogP contribution in [0.1, 0.15) is 58.5 Å². The summed E-state index contributed by atoms with van der Waals surface area (Å²) in [6, 6.07) is 12.3. The number of carbonyl (C=O) groups is 3. The van der Waals surface area contributed by atoms with Gasteiger partial charge in [0.15, 0.2) is 0 Å². The van der Waals surface area contributed by atoms with E-state index in [9.17, 15) is 14.4 Å². The normalized spacial score (nSPS) is 11.7. The molecule has 0 radical (unpaired) electrons. The van der Waals surface area contributed by atoms with E-state index in [1.165, 1.54) is 38.0 Å². The van der Waals surface area contributed by atoms with Crippen molar-refractivity contribution in [2.45, 2.75) is 33.1 Å². The van der Waals surface area contributed by atoms with E-state index < -0.39 is 17.9 Å². The monoisotopic (exact) mass is 397 g/mol. The maximum absolute atomic E-state index is 12.7. The molecule has 1 N–H and O–H groups in total. The first-order valence-corrected chi connectivity index (χ1v) is 9.46. The second-order valence-electron chi connectivity index (χ2n) is 7.33. The molecule has 0 fully saturated rings. The van der Waals surface area contributed by atoms with Gasteiger partial charge in [-0.2, -0.15) is 0 Å². The molecule has 0 aliphatic carbocycles. The minimum absolute atomic E-state index is 0.149. The zero-order valence-corrected chi connectivity index (χ0v) is 17.4. The maximum Gasteiger partial charge on any atom is 0.337 e. The molecule has 0 bridgehead atoms. The Morgan fingerprint density at radius 2 is 1.38 bits per heavy atom. The predicted octanol–water partition coefficient (Wildman–Crippen LogP) is 4.20. The van der Waals surface area contributed by atoms with Gasteiger partial charge in [-0.25, -0.2) is 9.59 Å². The third-order valence-corrected chi connectivity index (χ3v) is 4.56. The lowest BCUT2D eigenvalue weighted by molar-refractivity contribution is -0.117. The Bertz CT molecular complexity index is 852. The van der Waals surface area contributed by atoms with Crippen molar-refractivity contribution in [3.05, 3.63) is 64.7 Å². The SMILES string of the molecule is COC(=O)c1cc(NC(=O)[C@@H](C)c2ccc(CC(C)C)cc2)cc(C(=O)OC)c1. The molecule has 2 aromatic rings. The highest BCUT2D eigenvalue weighted by molar-refractivity contribution is 6.00. The van der Waals surface area contributed by atoms with Crippen LogP contribution < -0.4 is 5.32 Å². The molecule has 0 saturated heterocycles. The van der Waals surface area contributed by atoms with Crippen LogP contribution >= 0.6 is 0 Å². The highest BCUT2D eigenvalue weighted by Crippen LogP contribution is 2.22. The average Bonchev–Trinajstić information content (AvgIpc) is 2.71. The van der Waals surface area contributed by atoms with Crippen LogP contribution in [0.5, 0.6) is 0 Å². The highest BCUT2D eigenvalue weighted by atomic mass is 16.5. The molecule has 0 unspecified atom stereocenters. The van der Waals surface area contributed by atoms with Crippen molar-refractivity contribution in [2.75, 3.05) is 19.5 Å². The third kappa shape index (κ3) is 5.91. The van der Waals surface area contributed by atoms with Gasteiger partial charge in [-0.1, -0.05) is 38.1 Å². The first-order valence-electron chi connectivity index (χ1n) is 9.46. The van der Waals surface area contributed by atoms with E-state index in [1.807, 2.05) is 24.3 Å². The van der Waals surface area contributed by atoms with Crippen molar-refractivity contribution in [1.82, 2.24) is 0 Å². The molecule has 0 saturated carbocycles. The fraction of sp³-hybridized carbons (Fsp3) is 0.348. The molecular weight excluding hydrogens is 370 g/mol. The van der Waals surface area contributed by atoms with Gasteiger partial charge in [0.2, 0.25) is 5.91 Å². The zero-order valence-electron chi connectivity index (χ0n) is 17.4. The van der Waals surface area contributed by atoms with Crippen LogP contribution in [-0.2, 0) is 20.7 Å². The van der Waals surface area contributed by atoms with Crippen molar-refractivity contribution in [1.29, 1.82) is 0 Å². The van der Waals surface area contributed by atoms with Crippen molar-refractivity contribution < 1.29 is 23.9 Å². The smallest absolute Gasteiger partial charge is 0.337 e. The Balaban J connectivity index is 2.22. The average molecular weight is 397 g/mol. The van der Waals surface area contributed by atoms with E-state index in [0.29, 0.717) is 11.6 Å². The van der Waals surface area contributed by atoms with Gasteiger partial charge in [0.1, 0.15) is 0 Å². The van der Waals surface area contributed by atoms with Gasteiger partial charge in [0.25, 0.3) is 0 Å². The molecule has 2 aromatic carbocycles. The van der Waals surface area contributed by atoms with Gasteiger partial charge >= 0.3 is 11.9 Å². The number of hydrogen-bond donors (Lipinski definition) is 1. The summed E-state index contributed by atoms with van der Waals surface area (Å²) in [5.74, 6) is -1.32. The molecular formula is C23H27NO5. The van der Waals surface area contributed by atoms with E-state index in [1.54, 1.807) is 6.92 Å². The Hall–Kier alpha value is -3.15. The van der Waals surface area contributed by atoms with Gasteiger partial charge in [0, 0.05) is 5.69 Å². The molecule has 0 aliphatic heterocycles. The number of ether oxygens (including phenoxy) is 2. The highest BCUT2D eigenvalue weighted by Gasteiger charge is 2.18. The van der Waals surface area contributed by atoms with Gasteiger partial charge < -0.3 is 14.8 Å². The summed E-state index contributed by atoms with van der Waals surface area (Å²) in [7, 11) is 2.49. The molecule has 1 atom stereocenters. The first kappa shape index (κ1) is 22.1. The molecule has 0 spiro atoms. The third-order valence-electron chi connectivity index (χ3n) is 4.56. The lowest BCUT2D eigenvalue weighted by Crippen LogP contribution is -2.19. The van der Waals surface area contributed by atoms with Crippen LogP contribution in [0.3, 0.4) is 0 Å². The molecule has 1 amide bonds. The second kappa shape index (κ2) is 9.87. The van der Waals surface area contributed by atoms with Crippen molar-refractivity contribution in [3.8, 4) is 0 Å². The minimum Gasteiger partial charge on any atom is -0.465 e. The molecule has 6 heteroatoms. The quantitative estimate of drug-likeness (QED) is 0.708. The second-order valence-corrected chi connectivity index (χ2v) is 7.33. The number of nitrogens with one attached hydrogen (secondary N) is 1. The summed E-state index contributed by atoms with van der Waals surface area (Å²) in [5.41, 5.74) is 2.73. The number of anilines is 1. The number of carbonyl (C=O) groups excluding carboxylic acids is 3. The lowest BCUT2D eigenvalue weighted by Gasteiger charge is -2.15. The number of esters is 2. The Kier molecular flexibility index (Phi) is 7.53. The molecule has 154 valence electrons. The van der Waals surface area contributed by atoms with Crippen molar-refractivity contribution in [2.24, 2.45) is 5.92 Å². The van der Waals surface area contributed by atoms with E-state index in [0.717, 1.165) is 12.0 Å². The Morgan fingerprint density at radius 3 is 1.83 bits per heavy atom. The summed E-state index contributed by atoms with van der Waals surface area (Å²) in [4.78, 5) is 36.5. The van der Waals surface area contributed by atoms with Crippen LogP contribution in [0, 0.1) is 5.92 Å². The van der Waals surface area contributed by atoms with Gasteiger partial charge in [-0.05, 0) is 48.6 Å². The summed E-state index contributed by atoms with van der Waals surface area (Å²) in [6.45, 7) is 6.13. The lowest BCUT2D eigenvalue weighted by atomic mass is 9.96. The minimum atomic E-state index is -0.611. The number of methoxy groups -OCH3 is 2. The summed E-state index contributed by atoms with van der Waals surface area (Å²) < 4.78 is 9.43. The largest absolute Gasteiger partial charge is 0.465 e. The van der Waals surface area contributed by atoms with Crippen molar-refractivity contribution in [3.63, 3.8) is 0 Å². The zero-order chi connectivity index (χ0) is 21.6. The molecule has 6 nitrogen and oxygen atoms in total. The number of amides is 1. The molecule has 2 rings (SSSR count). The number of benzene rings is 2. The number of rotatable bonds is 7. The summed E-state index contributed by atoms with van der Waals surface area (Å²) in [5, 5.41) is 2.77. The van der Waals surface area contributed by atoms with Gasteiger partial charge in [-0.15, -0.1) is 0 Å². The number of hydrogen-bond acceptors (Lipinski definition) is 5. The summed E-state index contributed by atoms with van der Waals surface area (Å²) in [6.07, 6.45) is 0.984. The van der Waals surface area contributed by atoms with E-state index in [-0.39, 0.29) is 17.0 Å². The fourth-order valence-corrected chi connectivity index (χ4v) is 2.99. The van der Waals surface area contributed by atoms with Crippen LogP contribution in [-0.4, -0.2) is 32.1 Å². The fourth-order valence-electron chi connectivity index (χ4n) is 2.99. The van der Waals surface area contributed by atoms with E-state index >= 15 is 0 Å². The molecule has 0 heterocycles. The topological polar surface area (TPSA) is 81.7 Å². The van der Waals surface area contributed by atoms with Crippen molar-refractivity contribution >= 4 is 23.5 Å². The van der Waals surface area contributed by atoms with Crippen LogP contribution in [0.15, 0.2) is 42.5 Å². The first-order chi connectivity index (χ1) is 13.7. The summed E-state index contributed by atoms with van der Waals surface area (Å²) >= 11 is 0. The van der Waals surface area contributed by atoms with E-state index in [4.69, 9.17) is 9.47 Å². The molecule has 0 aliphatic rings. The van der Waals surface area contributed by atoms with E-state index in [2.05, 4.69) is 19.2 Å². The maximum atomic E-state index is 12.7. The van der Waals surface area contributed by atoms with Gasteiger partial charge in [0.05, 0.1) is 31.3 Å². The van der Waals surface area contributed by atoms with Crippen LogP contribution in [0.2, 0.25) is 0 Å². The Labute approximate surface area is 171 Å². The van der Waals surface area contributed by atoms with Gasteiger partial charge in [-0.3, -0.25) is 4.79 Å².